The minimum atomic E-state index is -3.54. The molecule has 0 fully saturated rings. The molecule has 2 rings (SSSR count). The van der Waals surface area contributed by atoms with Crippen LogP contribution >= 0.6 is 11.3 Å². The van der Waals surface area contributed by atoms with Gasteiger partial charge in [-0.05, 0) is 37.1 Å². The van der Waals surface area contributed by atoms with Crippen molar-refractivity contribution in [2.45, 2.75) is 18.2 Å². The Bertz CT molecular complexity index is 769. The van der Waals surface area contributed by atoms with Crippen LogP contribution in [0.2, 0.25) is 0 Å². The molecule has 0 atom stereocenters. The molecule has 1 aromatic heterocycles. The average Bonchev–Trinajstić information content (AvgIpc) is 2.95. The minimum Gasteiger partial charge on any atom is -0.288 e. The summed E-state index contributed by atoms with van der Waals surface area (Å²) in [5, 5.41) is 8.55. The Morgan fingerprint density at radius 2 is 1.95 bits per heavy atom. The molecule has 1 aromatic carbocycles. The van der Waals surface area contributed by atoms with Crippen LogP contribution in [0.15, 0.2) is 41.3 Å². The van der Waals surface area contributed by atoms with E-state index in [4.69, 9.17) is 5.21 Å². The molecule has 1 amide bonds. The normalized spacial score (nSPS) is 11.4. The second-order valence-corrected chi connectivity index (χ2v) is 7.52. The molecule has 118 valence electrons. The Kier molecular flexibility index (Phi) is 5.30. The number of nitrogens with one attached hydrogen (secondary N) is 2. The molecule has 3 N–H and O–H groups in total. The van der Waals surface area contributed by atoms with Crippen LogP contribution in [0.5, 0.6) is 0 Å². The number of aryl methyl sites for hydroxylation is 1. The van der Waals surface area contributed by atoms with Gasteiger partial charge in [0.05, 0.1) is 9.77 Å². The average molecular weight is 340 g/mol. The molecule has 22 heavy (non-hydrogen) atoms. The van der Waals surface area contributed by atoms with Gasteiger partial charge in [-0.2, -0.15) is 0 Å². The number of hydrogen-bond donors (Lipinski definition) is 3. The van der Waals surface area contributed by atoms with E-state index in [0.717, 1.165) is 4.88 Å². The van der Waals surface area contributed by atoms with Crippen LogP contribution in [0.3, 0.4) is 0 Å². The van der Waals surface area contributed by atoms with Gasteiger partial charge in [-0.1, -0.05) is 18.2 Å². The van der Waals surface area contributed by atoms with Crippen LogP contribution in [0.1, 0.15) is 20.1 Å². The SMILES string of the molecule is Cc1ccccc1S(=O)(=O)NCCc1ccc(C(=O)NO)s1. The molecule has 1 heterocycles. The van der Waals surface area contributed by atoms with Gasteiger partial charge in [0, 0.05) is 11.4 Å². The quantitative estimate of drug-likeness (QED) is 0.551. The second kappa shape index (κ2) is 7.01. The third-order valence-corrected chi connectivity index (χ3v) is 5.80. The van der Waals surface area contributed by atoms with Gasteiger partial charge in [0.25, 0.3) is 5.91 Å². The van der Waals surface area contributed by atoms with Gasteiger partial charge in [0.15, 0.2) is 0 Å². The molecule has 0 aliphatic carbocycles. The van der Waals surface area contributed by atoms with E-state index in [1.54, 1.807) is 48.8 Å². The number of hydroxylamine groups is 1. The summed E-state index contributed by atoms with van der Waals surface area (Å²) in [4.78, 5) is 12.7. The number of hydrogen-bond acceptors (Lipinski definition) is 5. The zero-order chi connectivity index (χ0) is 16.2. The monoisotopic (exact) mass is 340 g/mol. The third-order valence-electron chi connectivity index (χ3n) is 3.03. The first-order valence-corrected chi connectivity index (χ1v) is 8.82. The van der Waals surface area contributed by atoms with Crippen molar-refractivity contribution in [3.63, 3.8) is 0 Å². The fourth-order valence-electron chi connectivity index (χ4n) is 1.93. The molecule has 0 saturated heterocycles. The minimum absolute atomic E-state index is 0.233. The molecule has 0 aliphatic rings. The molecule has 0 spiro atoms. The summed E-state index contributed by atoms with van der Waals surface area (Å²) in [6.07, 6.45) is 0.467. The van der Waals surface area contributed by atoms with E-state index >= 15 is 0 Å². The molecule has 0 bridgehead atoms. The first-order valence-electron chi connectivity index (χ1n) is 6.52. The molecule has 8 heteroatoms. The van der Waals surface area contributed by atoms with Crippen molar-refractivity contribution in [1.82, 2.24) is 10.2 Å². The number of carbonyl (C=O) groups is 1. The summed E-state index contributed by atoms with van der Waals surface area (Å²) in [6, 6.07) is 10.1. The molecule has 0 saturated carbocycles. The summed E-state index contributed by atoms with van der Waals surface area (Å²) in [6.45, 7) is 1.98. The zero-order valence-electron chi connectivity index (χ0n) is 11.9. The molecular formula is C14H16N2O4S2. The van der Waals surface area contributed by atoms with Gasteiger partial charge in [-0.3, -0.25) is 10.0 Å². The lowest BCUT2D eigenvalue weighted by molar-refractivity contribution is 0.0711. The summed E-state index contributed by atoms with van der Waals surface area (Å²) < 4.78 is 26.9. The summed E-state index contributed by atoms with van der Waals surface area (Å²) in [5.41, 5.74) is 2.25. The molecule has 6 nitrogen and oxygen atoms in total. The largest absolute Gasteiger partial charge is 0.288 e. The lowest BCUT2D eigenvalue weighted by Crippen LogP contribution is -2.26. The highest BCUT2D eigenvalue weighted by Gasteiger charge is 2.15. The fourth-order valence-corrected chi connectivity index (χ4v) is 4.11. The Hall–Kier alpha value is -1.74. The van der Waals surface area contributed by atoms with Gasteiger partial charge >= 0.3 is 0 Å². The Morgan fingerprint density at radius 3 is 2.64 bits per heavy atom. The van der Waals surface area contributed by atoms with Crippen molar-refractivity contribution in [1.29, 1.82) is 0 Å². The highest BCUT2D eigenvalue weighted by atomic mass is 32.2. The number of amides is 1. The number of sulfonamides is 1. The Balaban J connectivity index is 1.97. The molecule has 2 aromatic rings. The molecule has 0 radical (unpaired) electrons. The predicted octanol–water partition coefficient (Wildman–Crippen LogP) is 1.70. The number of benzene rings is 1. The van der Waals surface area contributed by atoms with E-state index in [9.17, 15) is 13.2 Å². The predicted molar refractivity (Wildman–Crippen MR) is 83.6 cm³/mol. The first kappa shape index (κ1) is 16.6. The smallest absolute Gasteiger partial charge is 0.284 e. The standard InChI is InChI=1S/C14H16N2O4S2/c1-10-4-2-3-5-13(10)22(19,20)15-9-8-11-6-7-12(21-11)14(17)16-18/h2-7,15,18H,8-9H2,1H3,(H,16,17). The van der Waals surface area contributed by atoms with E-state index in [-0.39, 0.29) is 11.4 Å². The summed E-state index contributed by atoms with van der Waals surface area (Å²) in [7, 11) is -3.54. The van der Waals surface area contributed by atoms with Crippen molar-refractivity contribution in [3.8, 4) is 0 Å². The van der Waals surface area contributed by atoms with E-state index in [1.807, 2.05) is 0 Å². The van der Waals surface area contributed by atoms with Crippen LogP contribution in [0.25, 0.3) is 0 Å². The summed E-state index contributed by atoms with van der Waals surface area (Å²) >= 11 is 1.21. The molecule has 0 unspecified atom stereocenters. The van der Waals surface area contributed by atoms with Gasteiger partial charge in [0.2, 0.25) is 10.0 Å². The van der Waals surface area contributed by atoms with Crippen molar-refractivity contribution < 1.29 is 18.4 Å². The topological polar surface area (TPSA) is 95.5 Å². The maximum absolute atomic E-state index is 12.2. The van der Waals surface area contributed by atoms with Gasteiger partial charge < -0.3 is 0 Å². The lowest BCUT2D eigenvalue weighted by atomic mass is 10.2. The van der Waals surface area contributed by atoms with Crippen LogP contribution in [0, 0.1) is 6.92 Å². The van der Waals surface area contributed by atoms with Crippen molar-refractivity contribution >= 4 is 27.3 Å². The maximum Gasteiger partial charge on any atom is 0.284 e. The number of thiophene rings is 1. The Labute approximate surface area is 132 Å². The third kappa shape index (κ3) is 3.92. The van der Waals surface area contributed by atoms with Crippen LogP contribution in [-0.4, -0.2) is 26.1 Å². The van der Waals surface area contributed by atoms with E-state index < -0.39 is 15.9 Å². The van der Waals surface area contributed by atoms with E-state index in [2.05, 4.69) is 4.72 Å². The van der Waals surface area contributed by atoms with Crippen LogP contribution < -0.4 is 10.2 Å². The van der Waals surface area contributed by atoms with Crippen molar-refractivity contribution in [2.24, 2.45) is 0 Å². The second-order valence-electron chi connectivity index (χ2n) is 4.62. The lowest BCUT2D eigenvalue weighted by Gasteiger charge is -2.08. The van der Waals surface area contributed by atoms with Crippen molar-refractivity contribution in [3.05, 3.63) is 51.7 Å². The fraction of sp³-hybridized carbons (Fsp3) is 0.214. The molecular weight excluding hydrogens is 324 g/mol. The van der Waals surface area contributed by atoms with Gasteiger partial charge in [0.1, 0.15) is 0 Å². The van der Waals surface area contributed by atoms with Crippen molar-refractivity contribution in [2.75, 3.05) is 6.54 Å². The van der Waals surface area contributed by atoms with Gasteiger partial charge in [-0.15, -0.1) is 11.3 Å². The molecule has 0 aliphatic heterocycles. The Morgan fingerprint density at radius 1 is 1.23 bits per heavy atom. The summed E-state index contributed by atoms with van der Waals surface area (Å²) in [5.74, 6) is -0.572. The van der Waals surface area contributed by atoms with Gasteiger partial charge in [-0.25, -0.2) is 18.6 Å². The maximum atomic E-state index is 12.2. The zero-order valence-corrected chi connectivity index (χ0v) is 13.5. The van der Waals surface area contributed by atoms with E-state index in [1.165, 1.54) is 11.3 Å². The highest BCUT2D eigenvalue weighted by molar-refractivity contribution is 7.89. The van der Waals surface area contributed by atoms with Crippen LogP contribution in [0.4, 0.5) is 0 Å². The first-order chi connectivity index (χ1) is 10.4. The number of carbonyl (C=O) groups excluding carboxylic acids is 1. The highest BCUT2D eigenvalue weighted by Crippen LogP contribution is 2.17. The van der Waals surface area contributed by atoms with E-state index in [0.29, 0.717) is 16.9 Å². The van der Waals surface area contributed by atoms with Crippen LogP contribution in [-0.2, 0) is 16.4 Å². The number of rotatable bonds is 6.